The van der Waals surface area contributed by atoms with Crippen molar-refractivity contribution in [3.8, 4) is 23.0 Å². The summed E-state index contributed by atoms with van der Waals surface area (Å²) in [7, 11) is 2.84. The molecule has 3 aromatic rings. The number of carbonyl (C=O) groups excluding carboxylic acids is 3. The van der Waals surface area contributed by atoms with Crippen molar-refractivity contribution >= 4 is 23.2 Å². The summed E-state index contributed by atoms with van der Waals surface area (Å²) < 4.78 is 22.6. The summed E-state index contributed by atoms with van der Waals surface area (Å²) in [6.07, 6.45) is -4.60. The first kappa shape index (κ1) is 34.0. The number of hydrazone groups is 1. The Morgan fingerprint density at radius 2 is 1.71 bits per heavy atom. The van der Waals surface area contributed by atoms with Crippen molar-refractivity contribution in [3.63, 3.8) is 0 Å². The molecule has 0 aromatic heterocycles. The molecule has 3 aliphatic rings. The summed E-state index contributed by atoms with van der Waals surface area (Å²) in [4.78, 5) is 40.6. The number of hydrogen-bond acceptors (Lipinski definition) is 13. The van der Waals surface area contributed by atoms with Crippen LogP contribution < -0.4 is 20.6 Å². The van der Waals surface area contributed by atoms with Crippen molar-refractivity contribution < 1.29 is 53.8 Å². The highest BCUT2D eigenvalue weighted by Crippen LogP contribution is 2.52. The maximum atomic E-state index is 13.9. The number of nitrogens with zero attached hydrogens (tertiary/aromatic N) is 1. The normalized spacial score (nSPS) is 26.3. The van der Waals surface area contributed by atoms with Crippen molar-refractivity contribution in [2.24, 2.45) is 10.8 Å². The van der Waals surface area contributed by atoms with Crippen molar-refractivity contribution in [2.45, 2.75) is 69.4 Å². The molecule has 0 bridgehead atoms. The first-order valence-electron chi connectivity index (χ1n) is 15.6. The van der Waals surface area contributed by atoms with Crippen LogP contribution in [0.3, 0.4) is 0 Å². The number of ether oxygens (including phenoxy) is 4. The predicted octanol–water partition coefficient (Wildman–Crippen LogP) is 2.25. The number of fused-ring (bicyclic) bond motifs is 3. The second-order valence-corrected chi connectivity index (χ2v) is 12.4. The molecule has 7 N–H and O–H groups in total. The van der Waals surface area contributed by atoms with Crippen LogP contribution in [-0.2, 0) is 15.9 Å². The molecule has 1 fully saturated rings. The highest BCUT2D eigenvalue weighted by atomic mass is 16.7. The quantitative estimate of drug-likeness (QED) is 0.0944. The summed E-state index contributed by atoms with van der Waals surface area (Å²) in [6.45, 7) is 3.08. The lowest BCUT2D eigenvalue weighted by Crippen LogP contribution is -2.52. The Morgan fingerprint density at radius 3 is 2.37 bits per heavy atom. The van der Waals surface area contributed by atoms with Gasteiger partial charge < -0.3 is 45.1 Å². The van der Waals surface area contributed by atoms with E-state index in [0.29, 0.717) is 5.75 Å². The van der Waals surface area contributed by atoms with Gasteiger partial charge in [-0.25, -0.2) is 5.43 Å². The van der Waals surface area contributed by atoms with E-state index in [9.17, 15) is 34.8 Å². The molecule has 1 amide bonds. The fourth-order valence-electron chi connectivity index (χ4n) is 6.71. The van der Waals surface area contributed by atoms with Crippen LogP contribution in [-0.4, -0.2) is 88.0 Å². The monoisotopic (exact) mass is 675 g/mol. The van der Waals surface area contributed by atoms with Crippen LogP contribution in [0.25, 0.3) is 0 Å². The molecule has 14 heteroatoms. The van der Waals surface area contributed by atoms with Gasteiger partial charge in [0.2, 0.25) is 5.78 Å². The zero-order valence-corrected chi connectivity index (χ0v) is 27.2. The zero-order valence-electron chi connectivity index (χ0n) is 27.2. The lowest BCUT2D eigenvalue weighted by molar-refractivity contribution is -0.245. The molecule has 14 nitrogen and oxygen atoms in total. The van der Waals surface area contributed by atoms with Crippen LogP contribution >= 0.6 is 0 Å². The topological polar surface area (TPSA) is 219 Å². The highest BCUT2D eigenvalue weighted by Gasteiger charge is 2.49. The number of amides is 1. The van der Waals surface area contributed by atoms with Gasteiger partial charge in [0, 0.05) is 47.6 Å². The summed E-state index contributed by atoms with van der Waals surface area (Å²) in [5.41, 5.74) is 5.89. The Kier molecular flexibility index (Phi) is 8.94. The van der Waals surface area contributed by atoms with Gasteiger partial charge in [0.25, 0.3) is 5.91 Å². The van der Waals surface area contributed by atoms with E-state index in [0.717, 1.165) is 0 Å². The number of nitrogens with one attached hydrogen (secondary N) is 1. The van der Waals surface area contributed by atoms with E-state index in [2.05, 4.69) is 10.5 Å². The van der Waals surface area contributed by atoms with Crippen LogP contribution in [0.2, 0.25) is 0 Å². The molecule has 6 rings (SSSR count). The first-order valence-corrected chi connectivity index (χ1v) is 15.6. The summed E-state index contributed by atoms with van der Waals surface area (Å²) in [6, 6.07) is 10.0. The van der Waals surface area contributed by atoms with E-state index in [4.69, 9.17) is 24.7 Å². The van der Waals surface area contributed by atoms with Crippen LogP contribution in [0, 0.1) is 0 Å². The molecule has 49 heavy (non-hydrogen) atoms. The minimum atomic E-state index is -1.91. The number of nitrogens with two attached hydrogens (primary N) is 1. The van der Waals surface area contributed by atoms with Crippen LogP contribution in [0.1, 0.15) is 86.1 Å². The van der Waals surface area contributed by atoms with Gasteiger partial charge in [0.05, 0.1) is 54.9 Å². The second kappa shape index (κ2) is 12.9. The Morgan fingerprint density at radius 1 is 1.02 bits per heavy atom. The number of aliphatic hydroxyl groups is 2. The molecule has 2 aliphatic carbocycles. The van der Waals surface area contributed by atoms with Crippen LogP contribution in [0.5, 0.6) is 23.0 Å². The molecule has 3 aromatic carbocycles. The minimum Gasteiger partial charge on any atom is -0.507 e. The van der Waals surface area contributed by atoms with E-state index in [1.54, 1.807) is 19.1 Å². The molecule has 6 atom stereocenters. The number of aromatic hydroxyl groups is 2. The third-order valence-electron chi connectivity index (χ3n) is 9.49. The van der Waals surface area contributed by atoms with Crippen molar-refractivity contribution in [1.82, 2.24) is 5.43 Å². The van der Waals surface area contributed by atoms with E-state index in [1.165, 1.54) is 51.5 Å². The Labute approximate surface area is 281 Å². The fourth-order valence-corrected chi connectivity index (χ4v) is 6.71. The summed E-state index contributed by atoms with van der Waals surface area (Å²) >= 11 is 0. The molecule has 0 spiro atoms. The largest absolute Gasteiger partial charge is 0.507 e. The summed E-state index contributed by atoms with van der Waals surface area (Å²) in [5.74, 6) is -2.62. The highest BCUT2D eigenvalue weighted by molar-refractivity contribution is 6.31. The number of aliphatic hydroxyl groups excluding tert-OH is 1. The molecule has 0 radical (unpaired) electrons. The van der Waals surface area contributed by atoms with Gasteiger partial charge in [0.1, 0.15) is 28.6 Å². The molecule has 0 saturated carbocycles. The standard InChI is InChI=1S/C35H37N3O11/c1-15-29(39)21(36)12-24(48-15)49-23-14-35(45,16(2)37-38-34(44)17-8-10-18(46-3)11-9-17)13-20-26(23)33(43)28-27(31(20)41)30(40)19-6-5-7-22(47-4)25(19)32(28)42/h5-11,15,21,23-24,29,39,41,43,45H,12-14,36H2,1-4H3,(H,38,44)/b37-16+. The lowest BCUT2D eigenvalue weighted by atomic mass is 9.71. The summed E-state index contributed by atoms with van der Waals surface area (Å²) in [5, 5.41) is 50.1. The molecule has 1 saturated heterocycles. The number of ketones is 2. The number of phenolic OH excluding ortho intramolecular Hbond substituents is 2. The van der Waals surface area contributed by atoms with Gasteiger partial charge in [-0.2, -0.15) is 5.10 Å². The van der Waals surface area contributed by atoms with E-state index in [-0.39, 0.29) is 58.5 Å². The minimum absolute atomic E-state index is 0.0211. The Balaban J connectivity index is 1.43. The van der Waals surface area contributed by atoms with Crippen LogP contribution in [0.4, 0.5) is 0 Å². The number of benzene rings is 3. The molecule has 258 valence electrons. The van der Waals surface area contributed by atoms with Crippen LogP contribution in [0.15, 0.2) is 47.6 Å². The van der Waals surface area contributed by atoms with Crippen molar-refractivity contribution in [1.29, 1.82) is 0 Å². The SMILES string of the molecule is COc1ccc(C(=O)N/N=C(\C)C2(O)Cc3c(O)c4c(c(O)c3C(OC3CC(N)C(O)C(C)O3)C2)C(=O)c2c(OC)cccc2C4=O)cc1. The van der Waals surface area contributed by atoms with Crippen molar-refractivity contribution in [2.75, 3.05) is 14.2 Å². The molecular weight excluding hydrogens is 638 g/mol. The Bertz CT molecular complexity index is 1860. The van der Waals surface area contributed by atoms with E-state index < -0.39 is 76.3 Å². The average Bonchev–Trinajstić information content (AvgIpc) is 3.09. The van der Waals surface area contributed by atoms with Gasteiger partial charge in [-0.05, 0) is 44.2 Å². The van der Waals surface area contributed by atoms with E-state index >= 15 is 0 Å². The second-order valence-electron chi connectivity index (χ2n) is 12.4. The number of methoxy groups -OCH3 is 2. The molecule has 6 unspecified atom stereocenters. The van der Waals surface area contributed by atoms with Gasteiger partial charge in [-0.3, -0.25) is 14.4 Å². The smallest absolute Gasteiger partial charge is 0.271 e. The number of hydrogen-bond donors (Lipinski definition) is 6. The Hall–Kier alpha value is -4.86. The maximum absolute atomic E-state index is 13.9. The number of carbonyl (C=O) groups is 3. The number of rotatable bonds is 7. The molecule has 1 heterocycles. The third-order valence-corrected chi connectivity index (χ3v) is 9.49. The first-order chi connectivity index (χ1) is 23.3. The lowest BCUT2D eigenvalue weighted by Gasteiger charge is -2.42. The average molecular weight is 676 g/mol. The fraction of sp³-hybridized carbons (Fsp3) is 0.371. The zero-order chi connectivity index (χ0) is 35.4. The van der Waals surface area contributed by atoms with Gasteiger partial charge in [0.15, 0.2) is 12.1 Å². The third kappa shape index (κ3) is 5.81. The van der Waals surface area contributed by atoms with Gasteiger partial charge >= 0.3 is 0 Å². The number of phenols is 2. The van der Waals surface area contributed by atoms with Gasteiger partial charge in [-0.15, -0.1) is 0 Å². The maximum Gasteiger partial charge on any atom is 0.271 e. The molecular formula is C35H37N3O11. The molecule has 1 aliphatic heterocycles. The van der Waals surface area contributed by atoms with E-state index in [1.807, 2.05) is 0 Å². The van der Waals surface area contributed by atoms with Crippen molar-refractivity contribution in [3.05, 3.63) is 81.4 Å². The van der Waals surface area contributed by atoms with Gasteiger partial charge in [-0.1, -0.05) is 12.1 Å². The predicted molar refractivity (Wildman–Crippen MR) is 173 cm³/mol.